The molecule has 4 aromatic heterocycles. The van der Waals surface area contributed by atoms with Crippen LogP contribution in [0.2, 0.25) is 0 Å². The second-order valence-corrected chi connectivity index (χ2v) is 17.1. The highest BCUT2D eigenvalue weighted by molar-refractivity contribution is 7.91. The largest absolute Gasteiger partial charge is 0.469 e. The van der Waals surface area contributed by atoms with Gasteiger partial charge in [0.1, 0.15) is 27.5 Å². The number of hydrogen-bond donors (Lipinski definition) is 4. The van der Waals surface area contributed by atoms with Gasteiger partial charge >= 0.3 is 0 Å². The van der Waals surface area contributed by atoms with Crippen LogP contribution in [-0.4, -0.2) is 41.5 Å². The number of ether oxygens (including phenoxy) is 1. The molecule has 1 amide bonds. The van der Waals surface area contributed by atoms with Crippen LogP contribution in [0.4, 0.5) is 5.69 Å². The van der Waals surface area contributed by atoms with Gasteiger partial charge < -0.3 is 29.2 Å². The van der Waals surface area contributed by atoms with Gasteiger partial charge in [0, 0.05) is 45.0 Å². The van der Waals surface area contributed by atoms with Crippen molar-refractivity contribution in [3.8, 4) is 39.8 Å². The zero-order valence-electron chi connectivity index (χ0n) is 28.3. The van der Waals surface area contributed by atoms with E-state index in [9.17, 15) is 13.2 Å². The summed E-state index contributed by atoms with van der Waals surface area (Å²) in [5.74, 6) is 1.43. The van der Waals surface area contributed by atoms with Crippen molar-refractivity contribution in [2.24, 2.45) is 5.92 Å². The lowest BCUT2D eigenvalue weighted by atomic mass is 9.72. The average molecular weight is 743 g/mol. The predicted octanol–water partition coefficient (Wildman–Crippen LogP) is 6.71. The molecular weight excluding hydrogens is 713 g/mol. The Kier molecular flexibility index (Phi) is 6.23. The van der Waals surface area contributed by atoms with E-state index < -0.39 is 39.7 Å². The van der Waals surface area contributed by atoms with Crippen molar-refractivity contribution in [2.75, 3.05) is 5.32 Å². The maximum Gasteiger partial charge on any atom is 0.250 e. The number of anilines is 1. The van der Waals surface area contributed by atoms with Gasteiger partial charge in [-0.1, -0.05) is 62.4 Å². The van der Waals surface area contributed by atoms with Crippen LogP contribution in [0.3, 0.4) is 0 Å². The third-order valence-corrected chi connectivity index (χ3v) is 13.8. The Morgan fingerprint density at radius 3 is 2.70 bits per heavy atom. The predicted molar refractivity (Wildman–Crippen MR) is 197 cm³/mol. The van der Waals surface area contributed by atoms with Gasteiger partial charge in [-0.25, -0.2) is 18.4 Å². The highest BCUT2D eigenvalue weighted by Crippen LogP contribution is 2.61. The molecular formula is C39H30N6O6S2. The number of rotatable bonds is 4. The number of carbonyl (C=O) groups excluding carboxylic acids is 1. The Bertz CT molecular complexity index is 2780. The molecule has 4 aliphatic rings. The molecule has 53 heavy (non-hydrogen) atoms. The van der Waals surface area contributed by atoms with Crippen LogP contribution < -0.4 is 20.1 Å². The third-order valence-electron chi connectivity index (χ3n) is 10.9. The molecule has 264 valence electrons. The number of fused-ring (bicyclic) bond motifs is 7. The molecule has 1 unspecified atom stereocenters. The van der Waals surface area contributed by atoms with E-state index in [1.54, 1.807) is 17.6 Å². The van der Waals surface area contributed by atoms with Crippen molar-refractivity contribution >= 4 is 43.9 Å². The first-order valence-electron chi connectivity index (χ1n) is 17.4. The normalized spacial score (nSPS) is 22.1. The summed E-state index contributed by atoms with van der Waals surface area (Å²) >= 11 is 1.09. The molecule has 4 aliphatic heterocycles. The second kappa shape index (κ2) is 10.7. The highest BCUT2D eigenvalue weighted by Gasteiger charge is 2.61. The zero-order valence-corrected chi connectivity index (χ0v) is 29.9. The van der Waals surface area contributed by atoms with Gasteiger partial charge in [-0.05, 0) is 47.0 Å². The van der Waals surface area contributed by atoms with Gasteiger partial charge in [0.25, 0.3) is 10.0 Å². The summed E-state index contributed by atoms with van der Waals surface area (Å²) in [5.41, 5.74) is 6.41. The standard InChI is InChI=1S/C39H30N6O6S2/c1-18(2)31-37-43-33-34(51-37)39-23-8-3-7-21(20-6-4-9-25-30(20)22(16-40-25)28-17-41-36(33)49-28)32(23)44-38(39)50-27-12-11-19(14-24(27)39)15-26(35(46)42-31)45-53(47,48)29-10-5-13-52-29/h3-14,16-18,26,31,38,40,44-45H,15H2,1-2H3,(H,42,46)/t26-,31-,38?,39-/m0/s1. The summed E-state index contributed by atoms with van der Waals surface area (Å²) in [6.45, 7) is 3.90. The van der Waals surface area contributed by atoms with Crippen molar-refractivity contribution in [1.82, 2.24) is 25.0 Å². The van der Waals surface area contributed by atoms with Gasteiger partial charge in [0.05, 0.1) is 6.20 Å². The maximum atomic E-state index is 14.2. The van der Waals surface area contributed by atoms with E-state index in [4.69, 9.17) is 23.5 Å². The monoisotopic (exact) mass is 742 g/mol. The van der Waals surface area contributed by atoms with Gasteiger partial charge in [-0.2, -0.15) is 4.72 Å². The van der Waals surface area contributed by atoms with Gasteiger partial charge in [0.2, 0.25) is 17.7 Å². The third kappa shape index (κ3) is 4.19. The number of oxazole rings is 2. The number of carbonyl (C=O) groups is 1. The minimum atomic E-state index is -4.02. The van der Waals surface area contributed by atoms with E-state index in [1.165, 1.54) is 6.07 Å². The van der Waals surface area contributed by atoms with Crippen LogP contribution in [0.25, 0.3) is 44.9 Å². The Hall–Kier alpha value is -5.70. The molecule has 1 spiro atoms. The minimum Gasteiger partial charge on any atom is -0.469 e. The summed E-state index contributed by atoms with van der Waals surface area (Å²) in [6, 6.07) is 19.4. The Morgan fingerprint density at radius 1 is 0.981 bits per heavy atom. The SMILES string of the molecule is CC(C)[C@@H]1NC(=O)[C@@H](NS(=O)(=O)c2cccs2)Cc2ccc3c(c2)[C@]24c5cccc(c5NC2O3)-c2cccc3[nH]cc(c23)-c2cnc(o2)-c2nc1oc24. The number of H-pyrrole nitrogens is 1. The van der Waals surface area contributed by atoms with Gasteiger partial charge in [0.15, 0.2) is 23.4 Å². The van der Waals surface area contributed by atoms with E-state index in [0.29, 0.717) is 23.0 Å². The summed E-state index contributed by atoms with van der Waals surface area (Å²) in [6.07, 6.45) is 3.05. The smallest absolute Gasteiger partial charge is 0.250 e. The molecule has 7 aromatic rings. The molecule has 10 bridgehead atoms. The summed E-state index contributed by atoms with van der Waals surface area (Å²) in [7, 11) is -4.02. The van der Waals surface area contributed by atoms with Crippen molar-refractivity contribution in [2.45, 2.75) is 48.2 Å². The van der Waals surface area contributed by atoms with Gasteiger partial charge in [-0.15, -0.1) is 11.3 Å². The maximum absolute atomic E-state index is 14.2. The number of amides is 1. The number of aromatic amines is 1. The second-order valence-electron chi connectivity index (χ2n) is 14.2. The fourth-order valence-electron chi connectivity index (χ4n) is 8.50. The number of thiophene rings is 1. The van der Waals surface area contributed by atoms with Crippen LogP contribution in [0.5, 0.6) is 5.75 Å². The zero-order chi connectivity index (χ0) is 35.8. The van der Waals surface area contributed by atoms with E-state index in [-0.39, 0.29) is 28.3 Å². The molecule has 0 fully saturated rings. The summed E-state index contributed by atoms with van der Waals surface area (Å²) < 4.78 is 50.3. The fraction of sp³-hybridized carbons (Fsp3) is 0.205. The van der Waals surface area contributed by atoms with Crippen molar-refractivity contribution in [3.63, 3.8) is 0 Å². The minimum absolute atomic E-state index is 0.0796. The molecule has 0 saturated carbocycles. The van der Waals surface area contributed by atoms with Crippen molar-refractivity contribution in [3.05, 3.63) is 113 Å². The first-order valence-corrected chi connectivity index (χ1v) is 19.7. The number of sulfonamides is 1. The number of hydrogen-bond acceptors (Lipinski definition) is 10. The molecule has 0 saturated heterocycles. The Balaban J connectivity index is 1.21. The van der Waals surface area contributed by atoms with E-state index in [0.717, 1.165) is 61.3 Å². The Morgan fingerprint density at radius 2 is 1.85 bits per heavy atom. The molecule has 14 heteroatoms. The van der Waals surface area contributed by atoms with Crippen LogP contribution >= 0.6 is 11.3 Å². The molecule has 3 aromatic carbocycles. The molecule has 11 rings (SSSR count). The molecule has 0 aliphatic carbocycles. The van der Waals surface area contributed by atoms with Crippen LogP contribution in [0.15, 0.2) is 97.5 Å². The van der Waals surface area contributed by atoms with Gasteiger partial charge in [-0.3, -0.25) is 4.79 Å². The fourth-order valence-corrected chi connectivity index (χ4v) is 10.7. The molecule has 8 heterocycles. The van der Waals surface area contributed by atoms with Crippen molar-refractivity contribution in [1.29, 1.82) is 0 Å². The van der Waals surface area contributed by atoms with Crippen LogP contribution in [-0.2, 0) is 26.7 Å². The number of benzene rings is 3. The lowest BCUT2D eigenvalue weighted by molar-refractivity contribution is -0.124. The molecule has 4 atom stereocenters. The number of nitrogens with one attached hydrogen (secondary N) is 4. The number of aromatic nitrogens is 3. The van der Waals surface area contributed by atoms with E-state index in [2.05, 4.69) is 38.5 Å². The number of nitrogens with zero attached hydrogens (tertiary/aromatic N) is 2. The first kappa shape index (κ1) is 30.9. The molecule has 0 radical (unpaired) electrons. The average Bonchev–Trinajstić information content (AvgIpc) is 3.99. The number of para-hydroxylation sites is 1. The summed E-state index contributed by atoms with van der Waals surface area (Å²) in [5, 5.41) is 9.53. The van der Waals surface area contributed by atoms with Crippen molar-refractivity contribution < 1.29 is 26.8 Å². The highest BCUT2D eigenvalue weighted by atomic mass is 32.2. The molecule has 4 N–H and O–H groups in total. The van der Waals surface area contributed by atoms with Crippen LogP contribution in [0, 0.1) is 5.92 Å². The first-order chi connectivity index (χ1) is 25.7. The lowest BCUT2D eigenvalue weighted by Gasteiger charge is -2.28. The molecule has 12 nitrogen and oxygen atoms in total. The summed E-state index contributed by atoms with van der Waals surface area (Å²) in [4.78, 5) is 27.5. The van der Waals surface area contributed by atoms with E-state index in [1.807, 2.05) is 56.4 Å². The lowest BCUT2D eigenvalue weighted by Crippen LogP contribution is -2.49. The van der Waals surface area contributed by atoms with Crippen LogP contribution in [0.1, 0.15) is 48.2 Å². The quantitative estimate of drug-likeness (QED) is 0.153. The topological polar surface area (TPSA) is 164 Å². The Labute approximate surface area is 306 Å². The van der Waals surface area contributed by atoms with E-state index >= 15 is 0 Å².